The number of aliphatic hydroxyl groups is 1. The van der Waals surface area contributed by atoms with Gasteiger partial charge < -0.3 is 14.5 Å². The van der Waals surface area contributed by atoms with E-state index in [0.717, 1.165) is 29.1 Å². The van der Waals surface area contributed by atoms with Gasteiger partial charge in [-0.15, -0.1) is 0 Å². The molecule has 27 heavy (non-hydrogen) atoms. The standard InChI is InChI=1S/C21H24N4O2/c1-14(2)19-23-20(27-24-19)16-8-9-18(22-12-16)25-11-10-21(26,13-25)17-7-5-4-6-15(17)3/h4-9,12,14,26H,10-11,13H2,1-3H3. The molecule has 0 aliphatic carbocycles. The zero-order valence-electron chi connectivity index (χ0n) is 15.9. The van der Waals surface area contributed by atoms with E-state index in [1.807, 2.05) is 57.2 Å². The quantitative estimate of drug-likeness (QED) is 0.761. The molecule has 1 N–H and O–H groups in total. The lowest BCUT2D eigenvalue weighted by molar-refractivity contribution is 0.0600. The predicted molar refractivity (Wildman–Crippen MR) is 104 cm³/mol. The Morgan fingerprint density at radius 2 is 2.00 bits per heavy atom. The maximum absolute atomic E-state index is 11.2. The van der Waals surface area contributed by atoms with Crippen LogP contribution in [0.2, 0.25) is 0 Å². The molecule has 1 aliphatic heterocycles. The highest BCUT2D eigenvalue weighted by molar-refractivity contribution is 5.55. The summed E-state index contributed by atoms with van der Waals surface area (Å²) in [6.45, 7) is 7.38. The van der Waals surface area contributed by atoms with Crippen molar-refractivity contribution < 1.29 is 9.63 Å². The van der Waals surface area contributed by atoms with E-state index in [1.165, 1.54) is 0 Å². The van der Waals surface area contributed by atoms with Crippen LogP contribution in [0.5, 0.6) is 0 Å². The van der Waals surface area contributed by atoms with Crippen LogP contribution in [0.25, 0.3) is 11.5 Å². The Morgan fingerprint density at radius 1 is 1.19 bits per heavy atom. The molecule has 6 heteroatoms. The van der Waals surface area contributed by atoms with Gasteiger partial charge in [-0.3, -0.25) is 0 Å². The summed E-state index contributed by atoms with van der Waals surface area (Å²) in [5, 5.41) is 15.2. The average Bonchev–Trinajstić information content (AvgIpc) is 3.30. The van der Waals surface area contributed by atoms with Gasteiger partial charge in [0.05, 0.1) is 12.1 Å². The molecule has 1 fully saturated rings. The molecule has 1 aliphatic rings. The van der Waals surface area contributed by atoms with Crippen LogP contribution in [-0.4, -0.2) is 33.3 Å². The van der Waals surface area contributed by atoms with Gasteiger partial charge in [-0.1, -0.05) is 43.3 Å². The number of benzene rings is 1. The molecule has 3 aromatic rings. The Labute approximate surface area is 158 Å². The molecule has 0 spiro atoms. The van der Waals surface area contributed by atoms with E-state index in [-0.39, 0.29) is 5.92 Å². The maximum atomic E-state index is 11.2. The average molecular weight is 364 g/mol. The fourth-order valence-corrected chi connectivity index (χ4v) is 3.59. The molecule has 1 aromatic carbocycles. The Balaban J connectivity index is 1.52. The number of aryl methyl sites for hydroxylation is 1. The number of nitrogens with zero attached hydrogens (tertiary/aromatic N) is 4. The van der Waals surface area contributed by atoms with Crippen molar-refractivity contribution >= 4 is 5.82 Å². The minimum absolute atomic E-state index is 0.221. The summed E-state index contributed by atoms with van der Waals surface area (Å²) < 4.78 is 5.33. The lowest BCUT2D eigenvalue weighted by atomic mass is 9.89. The molecule has 3 heterocycles. The molecule has 0 radical (unpaired) electrons. The highest BCUT2D eigenvalue weighted by Crippen LogP contribution is 2.35. The summed E-state index contributed by atoms with van der Waals surface area (Å²) in [7, 11) is 0. The first-order chi connectivity index (χ1) is 13.0. The lowest BCUT2D eigenvalue weighted by Crippen LogP contribution is -2.31. The van der Waals surface area contributed by atoms with Crippen LogP contribution in [0.3, 0.4) is 0 Å². The molecule has 6 nitrogen and oxygen atoms in total. The Bertz CT molecular complexity index is 935. The first-order valence-electron chi connectivity index (χ1n) is 9.30. The number of hydrogen-bond acceptors (Lipinski definition) is 6. The summed E-state index contributed by atoms with van der Waals surface area (Å²) in [5.41, 5.74) is 2.06. The van der Waals surface area contributed by atoms with Crippen molar-refractivity contribution in [3.8, 4) is 11.5 Å². The molecule has 140 valence electrons. The highest BCUT2D eigenvalue weighted by Gasteiger charge is 2.39. The monoisotopic (exact) mass is 364 g/mol. The second-order valence-electron chi connectivity index (χ2n) is 7.54. The lowest BCUT2D eigenvalue weighted by Gasteiger charge is -2.26. The molecule has 1 unspecified atom stereocenters. The molecule has 1 atom stereocenters. The zero-order valence-corrected chi connectivity index (χ0v) is 15.9. The SMILES string of the molecule is Cc1ccccc1C1(O)CCN(c2ccc(-c3nc(C(C)C)no3)cn2)C1. The number of anilines is 1. The number of β-amino-alcohol motifs (C(OH)–C–C–N with tert-alkyl or cyclic N) is 1. The third-order valence-corrected chi connectivity index (χ3v) is 5.17. The van der Waals surface area contributed by atoms with Crippen molar-refractivity contribution in [3.63, 3.8) is 0 Å². The smallest absolute Gasteiger partial charge is 0.259 e. The van der Waals surface area contributed by atoms with Crippen LogP contribution in [0.4, 0.5) is 5.82 Å². The van der Waals surface area contributed by atoms with Gasteiger partial charge in [0, 0.05) is 18.7 Å². The summed E-state index contributed by atoms with van der Waals surface area (Å²) in [6, 6.07) is 11.9. The van der Waals surface area contributed by atoms with Crippen molar-refractivity contribution in [2.24, 2.45) is 0 Å². The van der Waals surface area contributed by atoms with Gasteiger partial charge in [0.2, 0.25) is 0 Å². The van der Waals surface area contributed by atoms with Crippen LogP contribution >= 0.6 is 0 Å². The van der Waals surface area contributed by atoms with E-state index >= 15 is 0 Å². The first kappa shape index (κ1) is 17.7. The van der Waals surface area contributed by atoms with E-state index in [2.05, 4.69) is 20.0 Å². The van der Waals surface area contributed by atoms with Crippen molar-refractivity contribution in [2.45, 2.75) is 38.7 Å². The topological polar surface area (TPSA) is 75.3 Å². The van der Waals surface area contributed by atoms with Crippen molar-refractivity contribution in [3.05, 3.63) is 59.5 Å². The molecule has 0 amide bonds. The molecule has 1 saturated heterocycles. The van der Waals surface area contributed by atoms with Crippen LogP contribution in [-0.2, 0) is 5.60 Å². The van der Waals surface area contributed by atoms with E-state index in [9.17, 15) is 5.11 Å². The van der Waals surface area contributed by atoms with E-state index in [1.54, 1.807) is 6.20 Å². The minimum atomic E-state index is -0.843. The van der Waals surface area contributed by atoms with Crippen LogP contribution in [0, 0.1) is 6.92 Å². The van der Waals surface area contributed by atoms with E-state index in [4.69, 9.17) is 4.52 Å². The van der Waals surface area contributed by atoms with Crippen LogP contribution in [0.15, 0.2) is 47.1 Å². The van der Waals surface area contributed by atoms with Crippen molar-refractivity contribution in [1.82, 2.24) is 15.1 Å². The summed E-state index contributed by atoms with van der Waals surface area (Å²) in [6.07, 6.45) is 2.43. The summed E-state index contributed by atoms with van der Waals surface area (Å²) in [5.74, 6) is 2.23. The van der Waals surface area contributed by atoms with Gasteiger partial charge >= 0.3 is 0 Å². The summed E-state index contributed by atoms with van der Waals surface area (Å²) >= 11 is 0. The van der Waals surface area contributed by atoms with Crippen molar-refractivity contribution in [1.29, 1.82) is 0 Å². The first-order valence-corrected chi connectivity index (χ1v) is 9.30. The molecular weight excluding hydrogens is 340 g/mol. The number of hydrogen-bond donors (Lipinski definition) is 1. The Hall–Kier alpha value is -2.73. The second-order valence-corrected chi connectivity index (χ2v) is 7.54. The van der Waals surface area contributed by atoms with Gasteiger partial charge in [0.25, 0.3) is 5.89 Å². The van der Waals surface area contributed by atoms with E-state index in [0.29, 0.717) is 24.7 Å². The van der Waals surface area contributed by atoms with Gasteiger partial charge in [-0.25, -0.2) is 4.98 Å². The fraction of sp³-hybridized carbons (Fsp3) is 0.381. The molecular formula is C21H24N4O2. The Morgan fingerprint density at radius 3 is 2.67 bits per heavy atom. The third kappa shape index (κ3) is 3.32. The molecule has 0 saturated carbocycles. The van der Waals surface area contributed by atoms with Crippen LogP contribution < -0.4 is 4.90 Å². The van der Waals surface area contributed by atoms with Gasteiger partial charge in [-0.2, -0.15) is 4.98 Å². The normalized spacial score (nSPS) is 19.8. The Kier molecular flexibility index (Phi) is 4.44. The predicted octanol–water partition coefficient (Wildman–Crippen LogP) is 3.66. The van der Waals surface area contributed by atoms with Gasteiger partial charge in [0.1, 0.15) is 11.4 Å². The number of aromatic nitrogens is 3. The molecule has 2 aromatic heterocycles. The third-order valence-electron chi connectivity index (χ3n) is 5.17. The molecule has 4 rings (SSSR count). The molecule has 0 bridgehead atoms. The van der Waals surface area contributed by atoms with Crippen LogP contribution in [0.1, 0.15) is 43.1 Å². The second kappa shape index (κ2) is 6.78. The largest absolute Gasteiger partial charge is 0.383 e. The highest BCUT2D eigenvalue weighted by atomic mass is 16.5. The number of rotatable bonds is 4. The number of pyridine rings is 1. The summed E-state index contributed by atoms with van der Waals surface area (Å²) in [4.78, 5) is 11.1. The van der Waals surface area contributed by atoms with Crippen molar-refractivity contribution in [2.75, 3.05) is 18.0 Å². The fourth-order valence-electron chi connectivity index (χ4n) is 3.59. The van der Waals surface area contributed by atoms with E-state index < -0.39 is 5.60 Å². The van der Waals surface area contributed by atoms with Gasteiger partial charge in [-0.05, 0) is 36.6 Å². The minimum Gasteiger partial charge on any atom is -0.383 e. The van der Waals surface area contributed by atoms with Gasteiger partial charge in [0.15, 0.2) is 5.82 Å². The maximum Gasteiger partial charge on any atom is 0.259 e. The zero-order chi connectivity index (χ0) is 19.0.